The number of oxime groups is 1. The van der Waals surface area contributed by atoms with Crippen molar-refractivity contribution in [3.05, 3.63) is 0 Å². The molecule has 0 aliphatic heterocycles. The van der Waals surface area contributed by atoms with Crippen molar-refractivity contribution < 1.29 is 14.8 Å². The van der Waals surface area contributed by atoms with E-state index in [0.717, 1.165) is 12.8 Å². The smallest absolute Gasteiger partial charge is 0.237 e. The second kappa shape index (κ2) is 7.60. The van der Waals surface area contributed by atoms with Gasteiger partial charge in [0, 0.05) is 6.54 Å². The Morgan fingerprint density at radius 2 is 1.89 bits per heavy atom. The molecule has 0 saturated carbocycles. The number of amidine groups is 1. The lowest BCUT2D eigenvalue weighted by molar-refractivity contribution is -0.141. The third kappa shape index (κ3) is 4.42. The molecule has 5 N–H and O–H groups in total. The van der Waals surface area contributed by atoms with Crippen LogP contribution in [0.25, 0.3) is 0 Å². The fourth-order valence-corrected chi connectivity index (χ4v) is 1.69. The van der Waals surface area contributed by atoms with E-state index in [2.05, 4.69) is 5.16 Å². The van der Waals surface area contributed by atoms with E-state index in [1.54, 1.807) is 13.8 Å². The highest BCUT2D eigenvalue weighted by molar-refractivity contribution is 6.06. The lowest BCUT2D eigenvalue weighted by atomic mass is 9.84. The predicted octanol–water partition coefficient (Wildman–Crippen LogP) is 0.263. The van der Waals surface area contributed by atoms with Gasteiger partial charge in [-0.25, -0.2) is 0 Å². The summed E-state index contributed by atoms with van der Waals surface area (Å²) in [5.41, 5.74) is 9.62. The SMILES string of the molecule is CCCCN(CC(N)=O)C(=O)C(C)(CC)C(N)=NO. The number of carbonyl (C=O) groups excluding carboxylic acids is 2. The summed E-state index contributed by atoms with van der Waals surface area (Å²) in [5.74, 6) is -1.09. The fraction of sp³-hybridized carbons (Fsp3) is 0.750. The van der Waals surface area contributed by atoms with Crippen LogP contribution in [0.5, 0.6) is 0 Å². The summed E-state index contributed by atoms with van der Waals surface area (Å²) in [4.78, 5) is 24.9. The molecular formula is C12H24N4O3. The maximum Gasteiger partial charge on any atom is 0.237 e. The van der Waals surface area contributed by atoms with E-state index in [9.17, 15) is 9.59 Å². The first kappa shape index (κ1) is 17.2. The molecule has 1 atom stereocenters. The van der Waals surface area contributed by atoms with Crippen LogP contribution in [0.1, 0.15) is 40.0 Å². The maximum atomic E-state index is 12.5. The van der Waals surface area contributed by atoms with Crippen molar-refractivity contribution in [3.8, 4) is 0 Å². The van der Waals surface area contributed by atoms with Crippen LogP contribution >= 0.6 is 0 Å². The van der Waals surface area contributed by atoms with Crippen molar-refractivity contribution in [2.45, 2.75) is 40.0 Å². The van der Waals surface area contributed by atoms with Crippen LogP contribution in [0.3, 0.4) is 0 Å². The summed E-state index contributed by atoms with van der Waals surface area (Å²) in [6.45, 7) is 5.59. The minimum atomic E-state index is -1.13. The number of carbonyl (C=O) groups is 2. The van der Waals surface area contributed by atoms with Gasteiger partial charge in [-0.05, 0) is 19.8 Å². The molecule has 0 aromatic rings. The van der Waals surface area contributed by atoms with Gasteiger partial charge in [0.15, 0.2) is 5.84 Å². The molecule has 7 nitrogen and oxygen atoms in total. The summed E-state index contributed by atoms with van der Waals surface area (Å²) < 4.78 is 0. The molecule has 0 aliphatic rings. The number of unbranched alkanes of at least 4 members (excludes halogenated alkanes) is 1. The van der Waals surface area contributed by atoms with Gasteiger partial charge in [-0.1, -0.05) is 25.4 Å². The Hall–Kier alpha value is -1.79. The third-order valence-corrected chi connectivity index (χ3v) is 3.27. The van der Waals surface area contributed by atoms with Crippen LogP contribution in [0.15, 0.2) is 5.16 Å². The molecule has 19 heavy (non-hydrogen) atoms. The molecule has 0 spiro atoms. The largest absolute Gasteiger partial charge is 0.409 e. The third-order valence-electron chi connectivity index (χ3n) is 3.27. The number of hydrogen-bond acceptors (Lipinski definition) is 4. The number of nitrogens with two attached hydrogens (primary N) is 2. The lowest BCUT2D eigenvalue weighted by Crippen LogP contribution is -2.51. The van der Waals surface area contributed by atoms with Gasteiger partial charge in [-0.15, -0.1) is 0 Å². The monoisotopic (exact) mass is 272 g/mol. The molecule has 110 valence electrons. The van der Waals surface area contributed by atoms with Crippen molar-refractivity contribution in [1.29, 1.82) is 0 Å². The molecule has 0 aromatic heterocycles. The summed E-state index contributed by atoms with van der Waals surface area (Å²) in [7, 11) is 0. The highest BCUT2D eigenvalue weighted by atomic mass is 16.4. The standard InChI is InChI=1S/C12H24N4O3/c1-4-6-7-16(8-9(13)17)11(18)12(3,5-2)10(14)15-19/h19H,4-8H2,1-3H3,(H2,13,17)(H2,14,15). The van der Waals surface area contributed by atoms with Gasteiger partial charge >= 0.3 is 0 Å². The van der Waals surface area contributed by atoms with Crippen molar-refractivity contribution in [2.75, 3.05) is 13.1 Å². The normalized spacial score (nSPS) is 14.8. The molecule has 0 heterocycles. The second-order valence-corrected chi connectivity index (χ2v) is 4.72. The van der Waals surface area contributed by atoms with E-state index < -0.39 is 11.3 Å². The van der Waals surface area contributed by atoms with E-state index in [0.29, 0.717) is 13.0 Å². The van der Waals surface area contributed by atoms with Crippen LogP contribution in [-0.4, -0.2) is 40.8 Å². The summed E-state index contributed by atoms with van der Waals surface area (Å²) in [6, 6.07) is 0. The Morgan fingerprint density at radius 3 is 2.26 bits per heavy atom. The molecule has 1 unspecified atom stereocenters. The number of amides is 2. The van der Waals surface area contributed by atoms with Crippen LogP contribution in [0.2, 0.25) is 0 Å². The van der Waals surface area contributed by atoms with Crippen LogP contribution in [0, 0.1) is 5.41 Å². The molecule has 2 amide bonds. The zero-order chi connectivity index (χ0) is 15.1. The number of rotatable bonds is 8. The van der Waals surface area contributed by atoms with Crippen molar-refractivity contribution >= 4 is 17.6 Å². The Bertz CT molecular complexity index is 357. The zero-order valence-corrected chi connectivity index (χ0v) is 11.8. The topological polar surface area (TPSA) is 122 Å². The van der Waals surface area contributed by atoms with E-state index in [-0.39, 0.29) is 18.3 Å². The molecule has 0 saturated heterocycles. The summed E-state index contributed by atoms with van der Waals surface area (Å²) in [5, 5.41) is 11.7. The van der Waals surface area contributed by atoms with Crippen molar-refractivity contribution in [3.63, 3.8) is 0 Å². The Kier molecular flexibility index (Phi) is 6.89. The highest BCUT2D eigenvalue weighted by Crippen LogP contribution is 2.24. The Labute approximate surface area is 113 Å². The first-order chi connectivity index (χ1) is 8.83. The predicted molar refractivity (Wildman–Crippen MR) is 72.5 cm³/mol. The summed E-state index contributed by atoms with van der Waals surface area (Å²) >= 11 is 0. The molecule has 0 bridgehead atoms. The molecule has 0 rings (SSSR count). The van der Waals surface area contributed by atoms with Crippen molar-refractivity contribution in [1.82, 2.24) is 4.90 Å². The van der Waals surface area contributed by atoms with E-state index in [1.165, 1.54) is 4.90 Å². The van der Waals surface area contributed by atoms with Gasteiger partial charge in [0.05, 0.1) is 6.54 Å². The summed E-state index contributed by atoms with van der Waals surface area (Å²) in [6.07, 6.45) is 2.01. The van der Waals surface area contributed by atoms with Crippen molar-refractivity contribution in [2.24, 2.45) is 22.0 Å². The quantitative estimate of drug-likeness (QED) is 0.254. The van der Waals surface area contributed by atoms with Gasteiger partial charge < -0.3 is 21.6 Å². The molecular weight excluding hydrogens is 248 g/mol. The maximum absolute atomic E-state index is 12.5. The second-order valence-electron chi connectivity index (χ2n) is 4.72. The van der Waals surface area contributed by atoms with Gasteiger partial charge in [-0.3, -0.25) is 9.59 Å². The number of primary amides is 1. The average Bonchev–Trinajstić information content (AvgIpc) is 2.40. The van der Waals surface area contributed by atoms with Crippen LogP contribution in [0.4, 0.5) is 0 Å². The van der Waals surface area contributed by atoms with Gasteiger partial charge in [0.2, 0.25) is 11.8 Å². The van der Waals surface area contributed by atoms with E-state index in [4.69, 9.17) is 16.7 Å². The van der Waals surface area contributed by atoms with Gasteiger partial charge in [0.1, 0.15) is 5.41 Å². The first-order valence-electron chi connectivity index (χ1n) is 6.39. The van der Waals surface area contributed by atoms with Crippen LogP contribution < -0.4 is 11.5 Å². The minimum absolute atomic E-state index is 0.160. The fourth-order valence-electron chi connectivity index (χ4n) is 1.69. The average molecular weight is 272 g/mol. The van der Waals surface area contributed by atoms with E-state index in [1.807, 2.05) is 6.92 Å². The zero-order valence-electron chi connectivity index (χ0n) is 11.8. The van der Waals surface area contributed by atoms with Gasteiger partial charge in [0.25, 0.3) is 0 Å². The lowest BCUT2D eigenvalue weighted by Gasteiger charge is -2.32. The first-order valence-corrected chi connectivity index (χ1v) is 6.39. The molecule has 0 radical (unpaired) electrons. The molecule has 0 fully saturated rings. The van der Waals surface area contributed by atoms with Crippen LogP contribution in [-0.2, 0) is 9.59 Å². The highest BCUT2D eigenvalue weighted by Gasteiger charge is 2.39. The molecule has 0 aromatic carbocycles. The molecule has 0 aliphatic carbocycles. The minimum Gasteiger partial charge on any atom is -0.409 e. The number of nitrogens with zero attached hydrogens (tertiary/aromatic N) is 2. The molecule has 7 heteroatoms. The Morgan fingerprint density at radius 1 is 1.32 bits per heavy atom. The Balaban J connectivity index is 5.18. The number of hydrogen-bond donors (Lipinski definition) is 3. The van der Waals surface area contributed by atoms with E-state index >= 15 is 0 Å². The van der Waals surface area contributed by atoms with Gasteiger partial charge in [-0.2, -0.15) is 0 Å².